The van der Waals surface area contributed by atoms with Gasteiger partial charge in [0.05, 0.1) is 15.8 Å². The molecular formula is C11H18IN3. The molecule has 1 saturated carbocycles. The summed E-state index contributed by atoms with van der Waals surface area (Å²) in [5.74, 6) is 2.42. The molecule has 0 saturated heterocycles. The Labute approximate surface area is 105 Å². The first-order chi connectivity index (χ1) is 7.08. The fourth-order valence-electron chi connectivity index (χ4n) is 2.75. The minimum atomic E-state index is 0.507. The molecule has 0 radical (unpaired) electrons. The Balaban J connectivity index is 2.20. The Hall–Kier alpha value is -0.260. The molecule has 0 spiro atoms. The van der Waals surface area contributed by atoms with Crippen LogP contribution in [0.1, 0.15) is 39.2 Å². The molecule has 0 aromatic carbocycles. The fraction of sp³-hybridized carbons (Fsp3) is 0.727. The van der Waals surface area contributed by atoms with E-state index in [-0.39, 0.29) is 0 Å². The third-order valence-electron chi connectivity index (χ3n) is 3.29. The highest BCUT2D eigenvalue weighted by Crippen LogP contribution is 2.37. The minimum Gasteiger partial charge on any atom is -0.383 e. The summed E-state index contributed by atoms with van der Waals surface area (Å²) in [5.41, 5.74) is 6.02. The summed E-state index contributed by atoms with van der Waals surface area (Å²) in [7, 11) is 0. The van der Waals surface area contributed by atoms with E-state index in [1.807, 2.05) is 10.9 Å². The van der Waals surface area contributed by atoms with Crippen molar-refractivity contribution >= 4 is 28.4 Å². The number of rotatable bonds is 1. The van der Waals surface area contributed by atoms with E-state index in [2.05, 4.69) is 41.5 Å². The van der Waals surface area contributed by atoms with Crippen LogP contribution in [0.3, 0.4) is 0 Å². The maximum absolute atomic E-state index is 6.02. The van der Waals surface area contributed by atoms with Gasteiger partial charge in [-0.2, -0.15) is 5.10 Å². The lowest BCUT2D eigenvalue weighted by molar-refractivity contribution is 0.212. The van der Waals surface area contributed by atoms with E-state index in [1.165, 1.54) is 19.3 Å². The van der Waals surface area contributed by atoms with Crippen molar-refractivity contribution < 1.29 is 0 Å². The summed E-state index contributed by atoms with van der Waals surface area (Å²) in [4.78, 5) is 0. The molecule has 2 rings (SSSR count). The van der Waals surface area contributed by atoms with Crippen LogP contribution in [0.2, 0.25) is 0 Å². The lowest BCUT2D eigenvalue weighted by Gasteiger charge is -2.32. The normalized spacial score (nSPS) is 31.8. The van der Waals surface area contributed by atoms with Crippen LogP contribution in [0, 0.1) is 15.4 Å². The highest BCUT2D eigenvalue weighted by Gasteiger charge is 2.26. The summed E-state index contributed by atoms with van der Waals surface area (Å²) >= 11 is 2.24. The number of nitrogens with zero attached hydrogens (tertiary/aromatic N) is 2. The highest BCUT2D eigenvalue weighted by molar-refractivity contribution is 14.1. The summed E-state index contributed by atoms with van der Waals surface area (Å²) in [6.07, 6.45) is 5.63. The number of nitrogen functional groups attached to an aromatic ring is 1. The van der Waals surface area contributed by atoms with E-state index in [0.717, 1.165) is 21.2 Å². The van der Waals surface area contributed by atoms with Crippen LogP contribution in [0.25, 0.3) is 0 Å². The van der Waals surface area contributed by atoms with E-state index in [0.29, 0.717) is 6.04 Å². The van der Waals surface area contributed by atoms with Gasteiger partial charge in [-0.15, -0.1) is 0 Å². The zero-order valence-electron chi connectivity index (χ0n) is 9.28. The second-order valence-corrected chi connectivity index (χ2v) is 6.06. The Morgan fingerprint density at radius 2 is 1.93 bits per heavy atom. The molecule has 1 fully saturated rings. The maximum Gasteiger partial charge on any atom is 0.135 e. The molecule has 2 N–H and O–H groups in total. The van der Waals surface area contributed by atoms with Gasteiger partial charge in [-0.05, 0) is 53.7 Å². The average Bonchev–Trinajstić information content (AvgIpc) is 2.46. The Bertz CT molecular complexity index is 338. The zero-order chi connectivity index (χ0) is 11.0. The molecule has 0 bridgehead atoms. The van der Waals surface area contributed by atoms with Crippen molar-refractivity contribution in [2.24, 2.45) is 11.8 Å². The molecule has 0 amide bonds. The van der Waals surface area contributed by atoms with Gasteiger partial charge in [0.25, 0.3) is 0 Å². The Morgan fingerprint density at radius 3 is 2.40 bits per heavy atom. The van der Waals surface area contributed by atoms with Crippen LogP contribution in [0.5, 0.6) is 0 Å². The summed E-state index contributed by atoms with van der Waals surface area (Å²) in [5, 5.41) is 4.39. The standard InChI is InChI=1S/C11H18IN3/c1-7-3-8(2)5-9(4-7)15-11(13)10(12)6-14-15/h6-9H,3-5,13H2,1-2H3. The summed E-state index contributed by atoms with van der Waals surface area (Å²) in [6, 6.07) is 0.507. The smallest absolute Gasteiger partial charge is 0.135 e. The van der Waals surface area contributed by atoms with Gasteiger partial charge in [0.1, 0.15) is 5.82 Å². The third-order valence-corrected chi connectivity index (χ3v) is 4.12. The summed E-state index contributed by atoms with van der Waals surface area (Å²) < 4.78 is 3.09. The van der Waals surface area contributed by atoms with E-state index in [4.69, 9.17) is 5.73 Å². The number of nitrogens with two attached hydrogens (primary N) is 1. The number of aromatic nitrogens is 2. The first kappa shape index (κ1) is 11.2. The van der Waals surface area contributed by atoms with Gasteiger partial charge >= 0.3 is 0 Å². The number of halogens is 1. The second kappa shape index (κ2) is 4.31. The van der Waals surface area contributed by atoms with Gasteiger partial charge in [-0.25, -0.2) is 4.68 Å². The number of hydrogen-bond acceptors (Lipinski definition) is 2. The number of anilines is 1. The average molecular weight is 319 g/mol. The fourth-order valence-corrected chi connectivity index (χ4v) is 3.12. The van der Waals surface area contributed by atoms with Gasteiger partial charge in [0.2, 0.25) is 0 Å². The summed E-state index contributed by atoms with van der Waals surface area (Å²) in [6.45, 7) is 4.65. The molecule has 84 valence electrons. The quantitative estimate of drug-likeness (QED) is 0.809. The van der Waals surface area contributed by atoms with Gasteiger partial charge in [-0.3, -0.25) is 0 Å². The van der Waals surface area contributed by atoms with Crippen LogP contribution in [0.15, 0.2) is 6.20 Å². The molecule has 1 aliphatic carbocycles. The minimum absolute atomic E-state index is 0.507. The van der Waals surface area contributed by atoms with Crippen LogP contribution in [-0.4, -0.2) is 9.78 Å². The predicted octanol–water partition coefficient (Wildman–Crippen LogP) is 3.07. The molecule has 3 nitrogen and oxygen atoms in total. The monoisotopic (exact) mass is 319 g/mol. The highest BCUT2D eigenvalue weighted by atomic mass is 127. The van der Waals surface area contributed by atoms with Crippen molar-refractivity contribution in [2.75, 3.05) is 5.73 Å². The lowest BCUT2D eigenvalue weighted by Crippen LogP contribution is -2.24. The van der Waals surface area contributed by atoms with Crippen molar-refractivity contribution in [3.8, 4) is 0 Å². The van der Waals surface area contributed by atoms with Gasteiger partial charge in [-0.1, -0.05) is 13.8 Å². The van der Waals surface area contributed by atoms with Crippen LogP contribution in [0.4, 0.5) is 5.82 Å². The lowest BCUT2D eigenvalue weighted by atomic mass is 9.80. The largest absolute Gasteiger partial charge is 0.383 e. The van der Waals surface area contributed by atoms with Crippen molar-refractivity contribution in [2.45, 2.75) is 39.2 Å². The molecule has 15 heavy (non-hydrogen) atoms. The van der Waals surface area contributed by atoms with E-state index >= 15 is 0 Å². The topological polar surface area (TPSA) is 43.8 Å². The Morgan fingerprint density at radius 1 is 1.33 bits per heavy atom. The van der Waals surface area contributed by atoms with Crippen molar-refractivity contribution in [1.29, 1.82) is 0 Å². The van der Waals surface area contributed by atoms with Crippen molar-refractivity contribution in [3.05, 3.63) is 9.77 Å². The molecule has 1 aromatic rings. The predicted molar refractivity (Wildman–Crippen MR) is 70.6 cm³/mol. The SMILES string of the molecule is CC1CC(C)CC(n2ncc(I)c2N)C1. The van der Waals surface area contributed by atoms with Gasteiger partial charge in [0.15, 0.2) is 0 Å². The molecule has 2 unspecified atom stereocenters. The number of hydrogen-bond donors (Lipinski definition) is 1. The third kappa shape index (κ3) is 2.29. The molecule has 1 heterocycles. The zero-order valence-corrected chi connectivity index (χ0v) is 11.4. The molecule has 4 heteroatoms. The van der Waals surface area contributed by atoms with Crippen LogP contribution < -0.4 is 5.73 Å². The molecule has 1 aromatic heterocycles. The van der Waals surface area contributed by atoms with Crippen molar-refractivity contribution in [3.63, 3.8) is 0 Å². The van der Waals surface area contributed by atoms with Crippen LogP contribution >= 0.6 is 22.6 Å². The second-order valence-electron chi connectivity index (χ2n) is 4.89. The van der Waals surface area contributed by atoms with Gasteiger partial charge < -0.3 is 5.73 Å². The van der Waals surface area contributed by atoms with Gasteiger partial charge in [0, 0.05) is 0 Å². The van der Waals surface area contributed by atoms with Crippen molar-refractivity contribution in [1.82, 2.24) is 9.78 Å². The Kier molecular flexibility index (Phi) is 3.23. The van der Waals surface area contributed by atoms with E-state index in [9.17, 15) is 0 Å². The van der Waals surface area contributed by atoms with E-state index in [1.54, 1.807) is 0 Å². The molecule has 1 aliphatic rings. The first-order valence-corrected chi connectivity index (χ1v) is 6.64. The molecule has 2 atom stereocenters. The first-order valence-electron chi connectivity index (χ1n) is 5.56. The van der Waals surface area contributed by atoms with E-state index < -0.39 is 0 Å². The van der Waals surface area contributed by atoms with Crippen LogP contribution in [-0.2, 0) is 0 Å². The maximum atomic E-state index is 6.02. The molecule has 0 aliphatic heterocycles. The molecular weight excluding hydrogens is 301 g/mol.